The molecule has 0 spiro atoms. The highest BCUT2D eigenvalue weighted by atomic mass is 35.5. The molecule has 1 aliphatic carbocycles. The van der Waals surface area contributed by atoms with Crippen LogP contribution in [0.25, 0.3) is 0 Å². The summed E-state index contributed by atoms with van der Waals surface area (Å²) in [5.74, 6) is 2.52. The fraction of sp³-hybridized carbons (Fsp3) is 0.346. The van der Waals surface area contributed by atoms with Crippen LogP contribution in [0.3, 0.4) is 0 Å². The Morgan fingerprint density at radius 1 is 1.06 bits per heavy atom. The van der Waals surface area contributed by atoms with Crippen LogP contribution in [0.1, 0.15) is 39.5 Å². The molecule has 2 aliphatic heterocycles. The van der Waals surface area contributed by atoms with Crippen molar-refractivity contribution in [1.82, 2.24) is 9.97 Å². The molecule has 0 radical (unpaired) electrons. The number of quaternary nitrogens is 1. The molecule has 0 saturated carbocycles. The summed E-state index contributed by atoms with van der Waals surface area (Å²) >= 11 is 6.42. The summed E-state index contributed by atoms with van der Waals surface area (Å²) in [4.78, 5) is 26.0. The summed E-state index contributed by atoms with van der Waals surface area (Å²) in [5.41, 5.74) is 3.76. The maximum absolute atomic E-state index is 12.8. The minimum absolute atomic E-state index is 0.0550. The lowest BCUT2D eigenvalue weighted by Crippen LogP contribution is -3.13. The fourth-order valence-corrected chi connectivity index (χ4v) is 5.44. The van der Waals surface area contributed by atoms with Crippen LogP contribution >= 0.6 is 11.6 Å². The average molecular weight is 478 g/mol. The highest BCUT2D eigenvalue weighted by Gasteiger charge is 2.30. The Balaban J connectivity index is 1.13. The van der Waals surface area contributed by atoms with Gasteiger partial charge in [0, 0.05) is 23.2 Å². The monoisotopic (exact) mass is 477 g/mol. The van der Waals surface area contributed by atoms with E-state index < -0.39 is 0 Å². The van der Waals surface area contributed by atoms with E-state index in [1.165, 1.54) is 10.5 Å². The number of rotatable bonds is 4. The van der Waals surface area contributed by atoms with E-state index in [0.29, 0.717) is 36.2 Å². The van der Waals surface area contributed by atoms with Gasteiger partial charge >= 0.3 is 0 Å². The van der Waals surface area contributed by atoms with Crippen LogP contribution in [0.15, 0.2) is 48.7 Å². The van der Waals surface area contributed by atoms with Gasteiger partial charge < -0.3 is 19.3 Å². The highest BCUT2D eigenvalue weighted by Crippen LogP contribution is 2.35. The van der Waals surface area contributed by atoms with Crippen molar-refractivity contribution in [3.63, 3.8) is 0 Å². The molecule has 0 unspecified atom stereocenters. The third-order valence-corrected chi connectivity index (χ3v) is 7.36. The summed E-state index contributed by atoms with van der Waals surface area (Å²) < 4.78 is 10.9. The number of carbonyl (C=O) groups excluding carboxylic acids is 1. The molecule has 1 atom stereocenters. The Morgan fingerprint density at radius 2 is 1.88 bits per heavy atom. The number of halogens is 1. The van der Waals surface area contributed by atoms with Gasteiger partial charge in [-0.1, -0.05) is 29.8 Å². The van der Waals surface area contributed by atoms with Crippen LogP contribution in [-0.2, 0) is 13.0 Å². The number of hydrogen-bond acceptors (Lipinski definition) is 6. The van der Waals surface area contributed by atoms with Crippen molar-refractivity contribution in [3.05, 3.63) is 76.1 Å². The Morgan fingerprint density at radius 3 is 2.74 bits per heavy atom. The van der Waals surface area contributed by atoms with Gasteiger partial charge in [0.25, 0.3) is 0 Å². The molecule has 1 N–H and O–H groups in total. The van der Waals surface area contributed by atoms with Crippen LogP contribution in [0.4, 0.5) is 5.95 Å². The number of ketones is 1. The van der Waals surface area contributed by atoms with Gasteiger partial charge in [-0.05, 0) is 42.2 Å². The molecule has 7 nitrogen and oxygen atoms in total. The summed E-state index contributed by atoms with van der Waals surface area (Å²) in [7, 11) is 0. The zero-order valence-electron chi connectivity index (χ0n) is 18.8. The van der Waals surface area contributed by atoms with Gasteiger partial charge in [0.1, 0.15) is 6.54 Å². The van der Waals surface area contributed by atoms with Crippen molar-refractivity contribution in [1.29, 1.82) is 0 Å². The van der Waals surface area contributed by atoms with Gasteiger partial charge in [0.2, 0.25) is 12.7 Å². The van der Waals surface area contributed by atoms with Crippen molar-refractivity contribution in [2.45, 2.75) is 25.3 Å². The van der Waals surface area contributed by atoms with Gasteiger partial charge in [-0.3, -0.25) is 4.79 Å². The van der Waals surface area contributed by atoms with E-state index in [1.807, 2.05) is 30.3 Å². The van der Waals surface area contributed by atoms with Gasteiger partial charge in [0.05, 0.1) is 37.4 Å². The lowest BCUT2D eigenvalue weighted by Gasteiger charge is -2.33. The molecule has 34 heavy (non-hydrogen) atoms. The van der Waals surface area contributed by atoms with E-state index in [9.17, 15) is 4.79 Å². The number of hydrogen-bond donors (Lipinski definition) is 1. The summed E-state index contributed by atoms with van der Waals surface area (Å²) in [6, 6.07) is 14.0. The van der Waals surface area contributed by atoms with E-state index in [0.717, 1.165) is 55.5 Å². The lowest BCUT2D eigenvalue weighted by molar-refractivity contribution is -0.914. The van der Waals surface area contributed by atoms with Crippen molar-refractivity contribution in [2.24, 2.45) is 0 Å². The van der Waals surface area contributed by atoms with E-state index >= 15 is 0 Å². The standard InChI is InChI=1S/C26H25ClN4O3/c27-21-4-2-1-3-19(21)18-12-22-20(23(32)13-18)14-28-26(29-22)31-9-7-30(8-10-31)15-17-5-6-24-25(11-17)34-16-33-24/h1-6,11,14,18H,7-10,12-13,15-16H2/p+1/t18-/m1/s1. The van der Waals surface area contributed by atoms with Crippen molar-refractivity contribution >= 4 is 23.3 Å². The molecule has 174 valence electrons. The number of ether oxygens (including phenoxy) is 2. The number of nitrogens with zero attached hydrogens (tertiary/aromatic N) is 3. The van der Waals surface area contributed by atoms with Crippen molar-refractivity contribution in [3.8, 4) is 11.5 Å². The predicted octanol–water partition coefficient (Wildman–Crippen LogP) is 2.68. The maximum Gasteiger partial charge on any atom is 0.231 e. The molecule has 3 heterocycles. The molecule has 1 saturated heterocycles. The minimum Gasteiger partial charge on any atom is -0.454 e. The van der Waals surface area contributed by atoms with Crippen LogP contribution < -0.4 is 19.3 Å². The van der Waals surface area contributed by atoms with Crippen molar-refractivity contribution in [2.75, 3.05) is 37.9 Å². The third-order valence-electron chi connectivity index (χ3n) is 7.02. The Bertz CT molecular complexity index is 1240. The normalized spacial score (nSPS) is 19.9. The fourth-order valence-electron chi connectivity index (χ4n) is 5.15. The second kappa shape index (κ2) is 8.89. The van der Waals surface area contributed by atoms with Crippen LogP contribution in [0.2, 0.25) is 5.02 Å². The molecule has 2 aromatic carbocycles. The van der Waals surface area contributed by atoms with Gasteiger partial charge in [-0.2, -0.15) is 0 Å². The summed E-state index contributed by atoms with van der Waals surface area (Å²) in [6.45, 7) is 4.99. The largest absolute Gasteiger partial charge is 0.454 e. The number of nitrogens with one attached hydrogen (secondary N) is 1. The van der Waals surface area contributed by atoms with E-state index in [-0.39, 0.29) is 11.7 Å². The third kappa shape index (κ3) is 4.10. The van der Waals surface area contributed by atoms with E-state index in [4.69, 9.17) is 26.1 Å². The quantitative estimate of drug-likeness (QED) is 0.623. The predicted molar refractivity (Wildman–Crippen MR) is 128 cm³/mol. The van der Waals surface area contributed by atoms with Crippen LogP contribution in [0, 0.1) is 0 Å². The highest BCUT2D eigenvalue weighted by molar-refractivity contribution is 6.31. The average Bonchev–Trinajstić information content (AvgIpc) is 3.32. The maximum atomic E-state index is 12.8. The second-order valence-electron chi connectivity index (χ2n) is 9.18. The molecule has 6 rings (SSSR count). The van der Waals surface area contributed by atoms with Gasteiger partial charge in [0.15, 0.2) is 17.3 Å². The first kappa shape index (κ1) is 21.4. The molecule has 3 aliphatic rings. The molecular weight excluding hydrogens is 452 g/mol. The number of Topliss-reactive ketones (excluding diaryl/α,β-unsaturated/α-hetero) is 1. The van der Waals surface area contributed by atoms with Crippen LogP contribution in [-0.4, -0.2) is 48.7 Å². The first-order chi connectivity index (χ1) is 16.6. The number of anilines is 1. The number of piperazine rings is 1. The topological polar surface area (TPSA) is 69.0 Å². The number of benzene rings is 2. The Hall–Kier alpha value is -3.16. The summed E-state index contributed by atoms with van der Waals surface area (Å²) in [5, 5.41) is 0.708. The van der Waals surface area contributed by atoms with Crippen LogP contribution in [0.5, 0.6) is 11.5 Å². The zero-order valence-corrected chi connectivity index (χ0v) is 19.6. The number of carbonyl (C=O) groups is 1. The first-order valence-corrected chi connectivity index (χ1v) is 12.1. The minimum atomic E-state index is 0.0550. The molecular formula is C26H26ClN4O3+. The summed E-state index contributed by atoms with van der Waals surface area (Å²) in [6.07, 6.45) is 2.87. The van der Waals surface area contributed by atoms with E-state index in [1.54, 1.807) is 6.20 Å². The molecule has 0 bridgehead atoms. The molecule has 1 fully saturated rings. The lowest BCUT2D eigenvalue weighted by atomic mass is 9.82. The SMILES string of the molecule is O=C1C[C@H](c2ccccc2Cl)Cc2nc(N3CC[NH+](Cc4ccc5c(c4)OCO5)CC3)ncc21. The smallest absolute Gasteiger partial charge is 0.231 e. The van der Waals surface area contributed by atoms with Gasteiger partial charge in [-0.15, -0.1) is 0 Å². The van der Waals surface area contributed by atoms with E-state index in [2.05, 4.69) is 22.0 Å². The molecule has 3 aromatic rings. The molecule has 1 aromatic heterocycles. The van der Waals surface area contributed by atoms with Gasteiger partial charge in [-0.25, -0.2) is 9.97 Å². The molecule has 8 heteroatoms. The Labute approximate surface area is 203 Å². The molecule has 0 amide bonds. The second-order valence-corrected chi connectivity index (χ2v) is 9.59. The Kier molecular flexibility index (Phi) is 5.59. The number of aromatic nitrogens is 2. The zero-order chi connectivity index (χ0) is 23.1. The first-order valence-electron chi connectivity index (χ1n) is 11.7. The number of fused-ring (bicyclic) bond motifs is 2. The van der Waals surface area contributed by atoms with Crippen molar-refractivity contribution < 1.29 is 19.2 Å².